The van der Waals surface area contributed by atoms with Gasteiger partial charge in [-0.05, 0) is 19.4 Å². The Bertz CT molecular complexity index is 1080. The van der Waals surface area contributed by atoms with Gasteiger partial charge < -0.3 is 15.3 Å². The maximum absolute atomic E-state index is 15.0. The van der Waals surface area contributed by atoms with E-state index in [0.29, 0.717) is 5.69 Å². The highest BCUT2D eigenvalue weighted by Gasteiger charge is 2.48. The van der Waals surface area contributed by atoms with E-state index in [1.54, 1.807) is 6.92 Å². The fourth-order valence-corrected chi connectivity index (χ4v) is 4.26. The minimum absolute atomic E-state index is 0.0693. The highest BCUT2D eigenvalue weighted by molar-refractivity contribution is 5.90. The van der Waals surface area contributed by atoms with E-state index in [-0.39, 0.29) is 18.5 Å². The number of carbonyl (C=O) groups is 1. The Morgan fingerprint density at radius 3 is 2.76 bits per heavy atom. The summed E-state index contributed by atoms with van der Waals surface area (Å²) >= 11 is 0. The quantitative estimate of drug-likeness (QED) is 0.657. The van der Waals surface area contributed by atoms with Gasteiger partial charge in [0.1, 0.15) is 23.7 Å². The average Bonchev–Trinajstić information content (AvgIpc) is 3.05. The fraction of sp³-hybridized carbons (Fsp3) is 0.550. The van der Waals surface area contributed by atoms with E-state index in [4.69, 9.17) is 0 Å². The largest absolute Gasteiger partial charge is 0.385 e. The molecule has 0 aliphatic carbocycles. The van der Waals surface area contributed by atoms with E-state index >= 15 is 0 Å². The first-order valence-corrected chi connectivity index (χ1v) is 10.2. The second kappa shape index (κ2) is 8.19. The third-order valence-electron chi connectivity index (χ3n) is 6.05. The monoisotopic (exact) mass is 477 g/mol. The number of carbonyl (C=O) groups excluding carboxylic acids is 1. The van der Waals surface area contributed by atoms with E-state index in [1.807, 2.05) is 0 Å². The molecule has 0 aromatic carbocycles. The van der Waals surface area contributed by atoms with Gasteiger partial charge in [0.25, 0.3) is 12.3 Å². The molecule has 2 aliphatic rings. The summed E-state index contributed by atoms with van der Waals surface area (Å²) in [4.78, 5) is 17.2. The van der Waals surface area contributed by atoms with Crippen molar-refractivity contribution in [1.82, 2.24) is 19.7 Å². The zero-order valence-electron chi connectivity index (χ0n) is 17.5. The highest BCUT2D eigenvalue weighted by atomic mass is 19.3. The van der Waals surface area contributed by atoms with Crippen LogP contribution in [0.15, 0.2) is 12.3 Å². The summed E-state index contributed by atoms with van der Waals surface area (Å²) in [6.45, 7) is -0.358. The van der Waals surface area contributed by atoms with E-state index < -0.39 is 79.0 Å². The van der Waals surface area contributed by atoms with Crippen molar-refractivity contribution in [3.63, 3.8) is 0 Å². The minimum atomic E-state index is -3.42. The first-order valence-electron chi connectivity index (χ1n) is 10.2. The number of urea groups is 1. The van der Waals surface area contributed by atoms with Gasteiger partial charge >= 0.3 is 6.03 Å². The van der Waals surface area contributed by atoms with Gasteiger partial charge in [0.15, 0.2) is 5.82 Å². The van der Waals surface area contributed by atoms with Crippen molar-refractivity contribution in [3.05, 3.63) is 40.7 Å². The lowest BCUT2D eigenvalue weighted by Crippen LogP contribution is -2.45. The Kier molecular flexibility index (Phi) is 5.79. The molecule has 0 radical (unpaired) electrons. The maximum Gasteiger partial charge on any atom is 0.322 e. The van der Waals surface area contributed by atoms with Crippen LogP contribution in [0, 0.1) is 5.82 Å². The van der Waals surface area contributed by atoms with Gasteiger partial charge in [0, 0.05) is 30.6 Å². The van der Waals surface area contributed by atoms with Crippen LogP contribution in [0.4, 0.5) is 36.8 Å². The van der Waals surface area contributed by atoms with Crippen molar-refractivity contribution in [1.29, 1.82) is 0 Å². The predicted molar refractivity (Wildman–Crippen MR) is 103 cm³/mol. The molecular weight excluding hydrogens is 456 g/mol. The first-order chi connectivity index (χ1) is 15.5. The standard InChI is InChI=1S/C20H21F6N5O2/c1-10-6-13-11(16-20(25,26)4-3-19(33,8-21)9-31(16)29-13)7-30(10)18(32)28-12-2-5-27-15(14(12)22)17(23)24/h2,5,10,17,33H,3-4,6-9H2,1H3,(H,27,28,32)/t10-,19+/m1/s1. The summed E-state index contributed by atoms with van der Waals surface area (Å²) in [6, 6.07) is -0.419. The second-order valence-electron chi connectivity index (χ2n) is 8.46. The summed E-state index contributed by atoms with van der Waals surface area (Å²) in [5.74, 6) is -4.81. The van der Waals surface area contributed by atoms with Gasteiger partial charge in [0.2, 0.25) is 0 Å². The number of alkyl halides is 5. The summed E-state index contributed by atoms with van der Waals surface area (Å²) < 4.78 is 84.2. The molecule has 0 spiro atoms. The van der Waals surface area contributed by atoms with Crippen LogP contribution in [-0.2, 0) is 25.4 Å². The molecular formula is C20H21F6N5O2. The zero-order valence-corrected chi connectivity index (χ0v) is 17.5. The molecule has 0 bridgehead atoms. The van der Waals surface area contributed by atoms with Crippen LogP contribution in [-0.4, -0.2) is 49.1 Å². The van der Waals surface area contributed by atoms with E-state index in [0.717, 1.165) is 21.8 Å². The Morgan fingerprint density at radius 1 is 1.36 bits per heavy atom. The topological polar surface area (TPSA) is 83.3 Å². The summed E-state index contributed by atoms with van der Waals surface area (Å²) in [5.41, 5.74) is -3.76. The Balaban J connectivity index is 1.64. The van der Waals surface area contributed by atoms with E-state index in [1.165, 1.54) is 0 Å². The van der Waals surface area contributed by atoms with Gasteiger partial charge in [0.05, 0.1) is 24.5 Å². The van der Waals surface area contributed by atoms with Crippen LogP contribution in [0.5, 0.6) is 0 Å². The van der Waals surface area contributed by atoms with Gasteiger partial charge in [-0.25, -0.2) is 22.4 Å². The van der Waals surface area contributed by atoms with E-state index in [9.17, 15) is 36.2 Å². The highest BCUT2D eigenvalue weighted by Crippen LogP contribution is 2.43. The molecule has 13 heteroatoms. The van der Waals surface area contributed by atoms with Crippen molar-refractivity contribution in [2.24, 2.45) is 0 Å². The summed E-state index contributed by atoms with van der Waals surface area (Å²) in [6.07, 6.45) is -3.46. The number of halogens is 6. The second-order valence-corrected chi connectivity index (χ2v) is 8.46. The Hall–Kier alpha value is -2.83. The van der Waals surface area contributed by atoms with Crippen molar-refractivity contribution in [3.8, 4) is 0 Å². The molecule has 2 aromatic heterocycles. The van der Waals surface area contributed by atoms with Crippen LogP contribution in [0.25, 0.3) is 0 Å². The van der Waals surface area contributed by atoms with Gasteiger partial charge in [-0.3, -0.25) is 9.67 Å². The Labute approximate surface area is 184 Å². The molecule has 33 heavy (non-hydrogen) atoms. The molecule has 4 rings (SSSR count). The SMILES string of the molecule is C[C@@H]1Cc2nn3c(c2CN1C(=O)Nc1ccnc(C(F)F)c1F)C(F)(F)CC[C@](O)(CF)C3. The number of pyridine rings is 1. The number of amides is 2. The zero-order chi connectivity index (χ0) is 24.1. The van der Waals surface area contributed by atoms with Crippen molar-refractivity contribution < 1.29 is 36.2 Å². The van der Waals surface area contributed by atoms with Crippen LogP contribution >= 0.6 is 0 Å². The van der Waals surface area contributed by atoms with Crippen LogP contribution in [0.2, 0.25) is 0 Å². The van der Waals surface area contributed by atoms with Crippen molar-refractivity contribution in [2.45, 2.75) is 63.3 Å². The number of anilines is 1. The molecule has 7 nitrogen and oxygen atoms in total. The Morgan fingerprint density at radius 2 is 2.09 bits per heavy atom. The average molecular weight is 477 g/mol. The molecule has 0 saturated carbocycles. The minimum Gasteiger partial charge on any atom is -0.385 e. The first kappa shape index (κ1) is 23.3. The third-order valence-corrected chi connectivity index (χ3v) is 6.05. The van der Waals surface area contributed by atoms with Gasteiger partial charge in [-0.1, -0.05) is 0 Å². The molecule has 2 N–H and O–H groups in total. The summed E-state index contributed by atoms with van der Waals surface area (Å²) in [7, 11) is 0. The molecule has 2 aromatic rings. The lowest BCUT2D eigenvalue weighted by atomic mass is 9.94. The predicted octanol–water partition coefficient (Wildman–Crippen LogP) is 3.92. The molecule has 0 fully saturated rings. The van der Waals surface area contributed by atoms with E-state index in [2.05, 4.69) is 15.4 Å². The summed E-state index contributed by atoms with van der Waals surface area (Å²) in [5, 5.41) is 16.7. The molecule has 2 atom stereocenters. The third kappa shape index (κ3) is 4.13. The van der Waals surface area contributed by atoms with Crippen LogP contribution in [0.3, 0.4) is 0 Å². The molecule has 180 valence electrons. The molecule has 2 aliphatic heterocycles. The molecule has 0 saturated heterocycles. The van der Waals surface area contributed by atoms with Crippen molar-refractivity contribution >= 4 is 11.7 Å². The molecule has 0 unspecified atom stereocenters. The number of rotatable bonds is 3. The number of nitrogens with one attached hydrogen (secondary N) is 1. The van der Waals surface area contributed by atoms with Gasteiger partial charge in [-0.15, -0.1) is 0 Å². The number of fused-ring (bicyclic) bond motifs is 3. The number of nitrogens with zero attached hydrogens (tertiary/aromatic N) is 4. The number of aromatic nitrogens is 3. The fourth-order valence-electron chi connectivity index (χ4n) is 4.26. The molecule has 4 heterocycles. The lowest BCUT2D eigenvalue weighted by molar-refractivity contribution is -0.0474. The van der Waals surface area contributed by atoms with Gasteiger partial charge in [-0.2, -0.15) is 13.9 Å². The number of hydrogen-bond donors (Lipinski definition) is 2. The van der Waals surface area contributed by atoms with Crippen molar-refractivity contribution in [2.75, 3.05) is 12.0 Å². The van der Waals surface area contributed by atoms with Crippen LogP contribution < -0.4 is 5.32 Å². The lowest BCUT2D eigenvalue weighted by Gasteiger charge is -2.33. The smallest absolute Gasteiger partial charge is 0.322 e. The number of hydrogen-bond acceptors (Lipinski definition) is 4. The van der Waals surface area contributed by atoms with Crippen LogP contribution in [0.1, 0.15) is 48.8 Å². The normalized spacial score (nSPS) is 24.3. The molecule has 2 amide bonds. The number of aliphatic hydroxyl groups is 1. The maximum atomic E-state index is 15.0.